The van der Waals surface area contributed by atoms with Crippen molar-refractivity contribution in [1.82, 2.24) is 20.3 Å². The second-order valence-corrected chi connectivity index (χ2v) is 5.20. The predicted octanol–water partition coefficient (Wildman–Crippen LogP) is 2.78. The molecule has 6 heteroatoms. The summed E-state index contributed by atoms with van der Waals surface area (Å²) in [5.41, 5.74) is 1.79. The Balaban J connectivity index is 2.33. The number of nitrogens with zero attached hydrogens (tertiary/aromatic N) is 3. The molecule has 0 radical (unpaired) electrons. The second kappa shape index (κ2) is 5.66. The van der Waals surface area contributed by atoms with Crippen LogP contribution in [0, 0.1) is 0 Å². The van der Waals surface area contributed by atoms with Gasteiger partial charge in [0.25, 0.3) is 0 Å². The smallest absolute Gasteiger partial charge is 0.179 e. The van der Waals surface area contributed by atoms with Gasteiger partial charge < -0.3 is 5.32 Å². The minimum Gasteiger partial charge on any atom is -0.316 e. The number of pyridine rings is 1. The first-order valence-electron chi connectivity index (χ1n) is 4.97. The van der Waals surface area contributed by atoms with Crippen LogP contribution in [0.5, 0.6) is 0 Å². The molecule has 1 N–H and O–H groups in total. The molecule has 2 heterocycles. The Labute approximate surface area is 116 Å². The maximum absolute atomic E-state index is 4.30. The fourth-order valence-electron chi connectivity index (χ4n) is 1.35. The molecule has 2 rings (SSSR count). The predicted molar refractivity (Wildman–Crippen MR) is 73.4 cm³/mol. The van der Waals surface area contributed by atoms with Crippen molar-refractivity contribution in [3.63, 3.8) is 0 Å². The van der Waals surface area contributed by atoms with E-state index < -0.39 is 0 Å². The Morgan fingerprint density at radius 1 is 1.12 bits per heavy atom. The highest BCUT2D eigenvalue weighted by molar-refractivity contribution is 9.11. The van der Waals surface area contributed by atoms with Crippen LogP contribution in [0.15, 0.2) is 33.6 Å². The summed E-state index contributed by atoms with van der Waals surface area (Å²) in [4.78, 5) is 12.9. The zero-order chi connectivity index (χ0) is 12.3. The molecule has 0 aliphatic heterocycles. The third-order valence-corrected chi connectivity index (χ3v) is 3.14. The van der Waals surface area contributed by atoms with Crippen LogP contribution in [0.4, 0.5) is 0 Å². The fraction of sp³-hybridized carbons (Fsp3) is 0.182. The largest absolute Gasteiger partial charge is 0.316 e. The maximum Gasteiger partial charge on any atom is 0.179 e. The summed E-state index contributed by atoms with van der Waals surface area (Å²) < 4.78 is 1.79. The Hall–Kier alpha value is -0.850. The summed E-state index contributed by atoms with van der Waals surface area (Å²) in [6.07, 6.45) is 5.33. The van der Waals surface area contributed by atoms with Gasteiger partial charge in [0.1, 0.15) is 5.69 Å². The highest BCUT2D eigenvalue weighted by Gasteiger charge is 2.08. The number of hydrogen-bond acceptors (Lipinski definition) is 4. The van der Waals surface area contributed by atoms with E-state index in [-0.39, 0.29) is 0 Å². The lowest BCUT2D eigenvalue weighted by Crippen LogP contribution is -2.06. The van der Waals surface area contributed by atoms with Gasteiger partial charge >= 0.3 is 0 Å². The van der Waals surface area contributed by atoms with Crippen molar-refractivity contribution in [2.24, 2.45) is 0 Å². The topological polar surface area (TPSA) is 50.7 Å². The van der Waals surface area contributed by atoms with Gasteiger partial charge in [-0.25, -0.2) is 9.97 Å². The first-order chi connectivity index (χ1) is 8.20. The second-order valence-electron chi connectivity index (χ2n) is 3.43. The van der Waals surface area contributed by atoms with E-state index in [9.17, 15) is 0 Å². The van der Waals surface area contributed by atoms with Crippen LogP contribution in [0.25, 0.3) is 11.5 Å². The van der Waals surface area contributed by atoms with Crippen molar-refractivity contribution in [2.75, 3.05) is 7.05 Å². The summed E-state index contributed by atoms with van der Waals surface area (Å²) in [6.45, 7) is 0.759. The van der Waals surface area contributed by atoms with Gasteiger partial charge in [-0.2, -0.15) is 0 Å². The number of rotatable bonds is 3. The Morgan fingerprint density at radius 2 is 1.82 bits per heavy atom. The molecule has 0 spiro atoms. The molecule has 0 saturated carbocycles. The maximum atomic E-state index is 4.30. The summed E-state index contributed by atoms with van der Waals surface area (Å²) in [7, 11) is 1.89. The number of aromatic nitrogens is 3. The summed E-state index contributed by atoms with van der Waals surface area (Å²) in [5, 5.41) is 3.05. The van der Waals surface area contributed by atoms with Crippen molar-refractivity contribution in [1.29, 1.82) is 0 Å². The van der Waals surface area contributed by atoms with E-state index in [1.807, 2.05) is 13.1 Å². The molecule has 0 fully saturated rings. The molecule has 2 aromatic heterocycles. The van der Waals surface area contributed by atoms with E-state index in [4.69, 9.17) is 0 Å². The molecule has 0 saturated heterocycles. The monoisotopic (exact) mass is 356 g/mol. The van der Waals surface area contributed by atoms with Crippen LogP contribution in [0.1, 0.15) is 5.56 Å². The van der Waals surface area contributed by atoms with Crippen LogP contribution >= 0.6 is 31.9 Å². The number of nitrogens with one attached hydrogen (secondary N) is 1. The summed E-state index contributed by atoms with van der Waals surface area (Å²) in [6, 6.07) is 1.92. The normalized spacial score (nSPS) is 10.5. The van der Waals surface area contributed by atoms with Crippen LogP contribution in [0.2, 0.25) is 0 Å². The zero-order valence-corrected chi connectivity index (χ0v) is 12.3. The molecule has 2 aromatic rings. The van der Waals surface area contributed by atoms with Crippen LogP contribution in [-0.4, -0.2) is 22.0 Å². The first kappa shape index (κ1) is 12.6. The van der Waals surface area contributed by atoms with Crippen molar-refractivity contribution in [2.45, 2.75) is 6.54 Å². The first-order valence-corrected chi connectivity index (χ1v) is 6.56. The van der Waals surface area contributed by atoms with Gasteiger partial charge in [-0.1, -0.05) is 0 Å². The van der Waals surface area contributed by atoms with E-state index >= 15 is 0 Å². The molecule has 88 valence electrons. The lowest BCUT2D eigenvalue weighted by Gasteiger charge is -2.04. The lowest BCUT2D eigenvalue weighted by atomic mass is 10.3. The van der Waals surface area contributed by atoms with Crippen LogP contribution < -0.4 is 5.32 Å². The van der Waals surface area contributed by atoms with E-state index in [1.165, 1.54) is 0 Å². The average molecular weight is 358 g/mol. The molecule has 4 nitrogen and oxygen atoms in total. The lowest BCUT2D eigenvalue weighted by molar-refractivity contribution is 0.807. The Morgan fingerprint density at radius 3 is 2.41 bits per heavy atom. The zero-order valence-electron chi connectivity index (χ0n) is 9.11. The number of hydrogen-bond donors (Lipinski definition) is 1. The molecule has 0 aliphatic rings. The SMILES string of the molecule is CNCc1cnc(-c2ncc(Br)cc2Br)nc1. The average Bonchev–Trinajstić information content (AvgIpc) is 2.31. The van der Waals surface area contributed by atoms with E-state index in [0.717, 1.165) is 26.7 Å². The van der Waals surface area contributed by atoms with Gasteiger partial charge in [-0.15, -0.1) is 0 Å². The Bertz CT molecular complexity index is 513. The highest BCUT2D eigenvalue weighted by Crippen LogP contribution is 2.25. The van der Waals surface area contributed by atoms with E-state index in [2.05, 4.69) is 52.1 Å². The standard InChI is InChI=1S/C11H10Br2N4/c1-14-3-7-4-16-11(17-5-7)10-9(13)2-8(12)6-15-10/h2,4-6,14H,3H2,1H3. The molecule has 0 amide bonds. The third kappa shape index (κ3) is 3.08. The molecule has 0 bridgehead atoms. The summed E-state index contributed by atoms with van der Waals surface area (Å²) >= 11 is 6.81. The molecule has 0 aromatic carbocycles. The van der Waals surface area contributed by atoms with Gasteiger partial charge in [0, 0.05) is 39.6 Å². The molecule has 0 aliphatic carbocycles. The van der Waals surface area contributed by atoms with E-state index in [1.54, 1.807) is 18.6 Å². The van der Waals surface area contributed by atoms with E-state index in [0.29, 0.717) is 5.82 Å². The fourth-order valence-corrected chi connectivity index (χ4v) is 2.52. The highest BCUT2D eigenvalue weighted by atomic mass is 79.9. The molecular weight excluding hydrogens is 348 g/mol. The van der Waals surface area contributed by atoms with Crippen LogP contribution in [0.3, 0.4) is 0 Å². The molecular formula is C11H10Br2N4. The van der Waals surface area contributed by atoms with Gasteiger partial charge in [0.05, 0.1) is 0 Å². The third-order valence-electron chi connectivity index (χ3n) is 2.11. The van der Waals surface area contributed by atoms with Gasteiger partial charge in [0.15, 0.2) is 5.82 Å². The van der Waals surface area contributed by atoms with Crippen molar-refractivity contribution in [3.8, 4) is 11.5 Å². The number of halogens is 2. The summed E-state index contributed by atoms with van der Waals surface area (Å²) in [5.74, 6) is 0.615. The van der Waals surface area contributed by atoms with Crippen molar-refractivity contribution < 1.29 is 0 Å². The van der Waals surface area contributed by atoms with Crippen LogP contribution in [-0.2, 0) is 6.54 Å². The van der Waals surface area contributed by atoms with Gasteiger partial charge in [-0.3, -0.25) is 4.98 Å². The molecule has 0 unspecified atom stereocenters. The molecule has 0 atom stereocenters. The minimum atomic E-state index is 0.615. The minimum absolute atomic E-state index is 0.615. The van der Waals surface area contributed by atoms with Crippen molar-refractivity contribution >= 4 is 31.9 Å². The quantitative estimate of drug-likeness (QED) is 0.917. The van der Waals surface area contributed by atoms with Crippen molar-refractivity contribution in [3.05, 3.63) is 39.2 Å². The Kier molecular flexibility index (Phi) is 4.20. The molecule has 17 heavy (non-hydrogen) atoms. The van der Waals surface area contributed by atoms with Gasteiger partial charge in [-0.05, 0) is 45.0 Å². The van der Waals surface area contributed by atoms with Gasteiger partial charge in [0.2, 0.25) is 0 Å².